The van der Waals surface area contributed by atoms with Gasteiger partial charge in [-0.25, -0.2) is 0 Å². The van der Waals surface area contributed by atoms with Crippen LogP contribution >= 0.6 is 0 Å². The largest absolute Gasteiger partial charge is 0.508 e. The van der Waals surface area contributed by atoms with Gasteiger partial charge in [0.15, 0.2) is 0 Å². The van der Waals surface area contributed by atoms with E-state index in [1.165, 1.54) is 18.2 Å². The van der Waals surface area contributed by atoms with Gasteiger partial charge >= 0.3 is 0 Å². The number of piperidine rings is 1. The fourth-order valence-corrected chi connectivity index (χ4v) is 4.24. The summed E-state index contributed by atoms with van der Waals surface area (Å²) in [6.07, 6.45) is 1.04. The summed E-state index contributed by atoms with van der Waals surface area (Å²) >= 11 is 0. The minimum absolute atomic E-state index is 0.0325. The summed E-state index contributed by atoms with van der Waals surface area (Å²) in [5.41, 5.74) is 1.66. The van der Waals surface area contributed by atoms with Crippen molar-refractivity contribution in [2.45, 2.75) is 25.4 Å². The maximum absolute atomic E-state index is 12.1. The van der Waals surface area contributed by atoms with E-state index in [2.05, 4.69) is 4.90 Å². The summed E-state index contributed by atoms with van der Waals surface area (Å²) in [6.45, 7) is 2.68. The van der Waals surface area contributed by atoms with Crippen LogP contribution in [0.4, 0.5) is 5.69 Å². The van der Waals surface area contributed by atoms with Gasteiger partial charge in [-0.05, 0) is 30.5 Å². The molecule has 1 fully saturated rings. The number of phenolic OH excluding ortho intramolecular Hbond substituents is 1. The van der Waals surface area contributed by atoms with Crippen molar-refractivity contribution in [3.8, 4) is 5.75 Å². The molecular formula is C18H19N3O4. The Morgan fingerprint density at radius 1 is 1.20 bits per heavy atom. The summed E-state index contributed by atoms with van der Waals surface area (Å²) in [4.78, 5) is 25.1. The van der Waals surface area contributed by atoms with Crippen LogP contribution in [0.3, 0.4) is 0 Å². The molecule has 4 rings (SSSR count). The molecule has 0 aliphatic carbocycles. The SMILES string of the molecule is O=c1cccc2n1CC1CC2CN(Cc2cc(O)ccc2[N+](=O)[O-])C1. The highest BCUT2D eigenvalue weighted by molar-refractivity contribution is 5.44. The third-order valence-corrected chi connectivity index (χ3v) is 5.21. The van der Waals surface area contributed by atoms with Gasteiger partial charge in [-0.2, -0.15) is 0 Å². The molecule has 7 heteroatoms. The van der Waals surface area contributed by atoms with Crippen molar-refractivity contribution < 1.29 is 10.0 Å². The van der Waals surface area contributed by atoms with Crippen LogP contribution in [0.25, 0.3) is 0 Å². The minimum Gasteiger partial charge on any atom is -0.508 e. The van der Waals surface area contributed by atoms with Gasteiger partial charge < -0.3 is 9.67 Å². The van der Waals surface area contributed by atoms with E-state index < -0.39 is 4.92 Å². The number of benzene rings is 1. The molecule has 2 aromatic rings. The predicted molar refractivity (Wildman–Crippen MR) is 91.6 cm³/mol. The lowest BCUT2D eigenvalue weighted by molar-refractivity contribution is -0.385. The second-order valence-electron chi connectivity index (χ2n) is 6.96. The molecule has 1 N–H and O–H groups in total. The number of nitro benzene ring substituents is 1. The molecule has 0 radical (unpaired) electrons. The van der Waals surface area contributed by atoms with Crippen molar-refractivity contribution in [2.24, 2.45) is 5.92 Å². The van der Waals surface area contributed by atoms with Crippen LogP contribution in [-0.4, -0.2) is 32.6 Å². The van der Waals surface area contributed by atoms with E-state index in [-0.39, 0.29) is 22.9 Å². The van der Waals surface area contributed by atoms with E-state index in [9.17, 15) is 20.0 Å². The molecule has 2 aliphatic rings. The maximum Gasteiger partial charge on any atom is 0.274 e. The molecule has 1 saturated heterocycles. The van der Waals surface area contributed by atoms with Crippen LogP contribution in [0.2, 0.25) is 0 Å². The van der Waals surface area contributed by atoms with E-state index in [0.717, 1.165) is 25.2 Å². The van der Waals surface area contributed by atoms with E-state index in [0.29, 0.717) is 24.6 Å². The molecule has 2 bridgehead atoms. The number of pyridine rings is 1. The molecule has 0 spiro atoms. The monoisotopic (exact) mass is 341 g/mol. The lowest BCUT2D eigenvalue weighted by Crippen LogP contribution is -2.46. The van der Waals surface area contributed by atoms with Gasteiger partial charge in [0.05, 0.1) is 4.92 Å². The molecule has 0 saturated carbocycles. The number of rotatable bonds is 3. The van der Waals surface area contributed by atoms with Crippen LogP contribution in [0, 0.1) is 16.0 Å². The summed E-state index contributed by atoms with van der Waals surface area (Å²) in [6, 6.07) is 9.56. The molecule has 7 nitrogen and oxygen atoms in total. The Kier molecular flexibility index (Phi) is 3.80. The van der Waals surface area contributed by atoms with Gasteiger partial charge in [0.25, 0.3) is 11.2 Å². The first-order chi connectivity index (χ1) is 12.0. The number of hydrogen-bond donors (Lipinski definition) is 1. The van der Waals surface area contributed by atoms with Crippen molar-refractivity contribution in [1.82, 2.24) is 9.47 Å². The van der Waals surface area contributed by atoms with Gasteiger partial charge in [-0.15, -0.1) is 0 Å². The highest BCUT2D eigenvalue weighted by Crippen LogP contribution is 2.36. The first-order valence-corrected chi connectivity index (χ1v) is 8.39. The lowest BCUT2D eigenvalue weighted by Gasteiger charge is -2.42. The van der Waals surface area contributed by atoms with E-state index in [1.807, 2.05) is 10.6 Å². The smallest absolute Gasteiger partial charge is 0.274 e. The van der Waals surface area contributed by atoms with Gasteiger partial charge in [0.1, 0.15) is 5.75 Å². The van der Waals surface area contributed by atoms with Crippen LogP contribution in [-0.2, 0) is 13.1 Å². The van der Waals surface area contributed by atoms with Gasteiger partial charge in [-0.3, -0.25) is 19.8 Å². The minimum atomic E-state index is -0.408. The Bertz CT molecular complexity index is 892. The molecular weight excluding hydrogens is 322 g/mol. The fourth-order valence-electron chi connectivity index (χ4n) is 4.24. The molecule has 2 unspecified atom stereocenters. The van der Waals surface area contributed by atoms with Crippen molar-refractivity contribution in [3.05, 3.63) is 68.1 Å². The summed E-state index contributed by atoms with van der Waals surface area (Å²) in [5.74, 6) is 0.662. The molecule has 2 atom stereocenters. The predicted octanol–water partition coefficient (Wildman–Crippen LogP) is 2.08. The van der Waals surface area contributed by atoms with Crippen molar-refractivity contribution in [1.29, 1.82) is 0 Å². The topological polar surface area (TPSA) is 88.6 Å². The average Bonchev–Trinajstić information content (AvgIpc) is 2.55. The van der Waals surface area contributed by atoms with Crippen molar-refractivity contribution >= 4 is 5.69 Å². The average molecular weight is 341 g/mol. The Labute approximate surface area is 144 Å². The zero-order chi connectivity index (χ0) is 17.6. The molecule has 0 amide bonds. The number of nitrogens with zero attached hydrogens (tertiary/aromatic N) is 3. The van der Waals surface area contributed by atoms with Crippen molar-refractivity contribution in [3.63, 3.8) is 0 Å². The number of aromatic hydroxyl groups is 1. The third-order valence-electron chi connectivity index (χ3n) is 5.21. The molecule has 2 aliphatic heterocycles. The van der Waals surface area contributed by atoms with Crippen LogP contribution < -0.4 is 5.56 Å². The second kappa shape index (κ2) is 6.00. The van der Waals surface area contributed by atoms with Crippen molar-refractivity contribution in [2.75, 3.05) is 13.1 Å². The van der Waals surface area contributed by atoms with Gasteiger partial charge in [0.2, 0.25) is 0 Å². The second-order valence-corrected chi connectivity index (χ2v) is 6.96. The molecule has 130 valence electrons. The van der Waals surface area contributed by atoms with Gasteiger partial charge in [-0.1, -0.05) is 6.07 Å². The van der Waals surface area contributed by atoms with E-state index in [4.69, 9.17) is 0 Å². The molecule has 3 heterocycles. The number of fused-ring (bicyclic) bond motifs is 4. The molecule has 1 aromatic carbocycles. The Hall–Kier alpha value is -2.67. The number of hydrogen-bond acceptors (Lipinski definition) is 5. The highest BCUT2D eigenvalue weighted by atomic mass is 16.6. The summed E-state index contributed by atoms with van der Waals surface area (Å²) in [5, 5.41) is 20.9. The standard InChI is InChI=1S/C18H19N3O4/c22-15-4-5-17(21(24)25)14(7-15)11-19-8-12-6-13(10-19)16-2-1-3-18(23)20(16)9-12/h1-5,7,12-13,22H,6,8-11H2. The zero-order valence-electron chi connectivity index (χ0n) is 13.7. The number of phenols is 1. The quantitative estimate of drug-likeness (QED) is 0.682. The number of likely N-dealkylation sites (tertiary alicyclic amines) is 1. The van der Waals surface area contributed by atoms with Crippen LogP contribution in [0.15, 0.2) is 41.2 Å². The Morgan fingerprint density at radius 2 is 2.04 bits per heavy atom. The maximum atomic E-state index is 12.1. The molecule has 1 aromatic heterocycles. The normalized spacial score (nSPS) is 22.4. The molecule has 25 heavy (non-hydrogen) atoms. The van der Waals surface area contributed by atoms with E-state index in [1.54, 1.807) is 12.1 Å². The Morgan fingerprint density at radius 3 is 2.84 bits per heavy atom. The Balaban J connectivity index is 1.60. The zero-order valence-corrected chi connectivity index (χ0v) is 13.7. The lowest BCUT2D eigenvalue weighted by atomic mass is 9.83. The third kappa shape index (κ3) is 2.91. The van der Waals surface area contributed by atoms with E-state index >= 15 is 0 Å². The summed E-state index contributed by atoms with van der Waals surface area (Å²) in [7, 11) is 0. The van der Waals surface area contributed by atoms with Gasteiger partial charge in [0, 0.05) is 55.5 Å². The fraction of sp³-hybridized carbons (Fsp3) is 0.389. The number of nitro groups is 1. The highest BCUT2D eigenvalue weighted by Gasteiger charge is 2.35. The number of aromatic nitrogens is 1. The summed E-state index contributed by atoms with van der Waals surface area (Å²) < 4.78 is 1.87. The van der Waals surface area contributed by atoms with Crippen LogP contribution in [0.5, 0.6) is 5.75 Å². The first kappa shape index (κ1) is 15.8. The van der Waals surface area contributed by atoms with Crippen LogP contribution in [0.1, 0.15) is 23.6 Å². The first-order valence-electron chi connectivity index (χ1n) is 8.39.